The maximum absolute atomic E-state index is 12.3. The van der Waals surface area contributed by atoms with Crippen LogP contribution in [0.3, 0.4) is 0 Å². The molecule has 1 aromatic carbocycles. The molecule has 1 heterocycles. The molecule has 152 valence electrons. The van der Waals surface area contributed by atoms with Crippen molar-refractivity contribution in [3.8, 4) is 11.5 Å². The first-order valence-corrected chi connectivity index (χ1v) is 9.30. The lowest BCUT2D eigenvalue weighted by Crippen LogP contribution is -3.05. The summed E-state index contributed by atoms with van der Waals surface area (Å²) in [4.78, 5) is 13.6. The number of rotatable bonds is 9. The van der Waals surface area contributed by atoms with Gasteiger partial charge >= 0.3 is 0 Å². The summed E-state index contributed by atoms with van der Waals surface area (Å²) < 4.78 is 15.9. The third-order valence-electron chi connectivity index (χ3n) is 3.90. The summed E-state index contributed by atoms with van der Waals surface area (Å²) >= 11 is 5.35. The number of benzene rings is 1. The standard InChI is InChI=1S/C19H26N4O4S/c1-23(2)9-6-8-20-19(28)22-14-12-16(25-3)13(11-17(14)26-4)21-18(24)15-7-5-10-27-15/h5,7,10-12H,6,8-9H2,1-4H3,(H,21,24)(H2,20,22,28)/p+1. The van der Waals surface area contributed by atoms with Gasteiger partial charge in [-0.3, -0.25) is 4.79 Å². The number of anilines is 2. The Morgan fingerprint density at radius 3 is 2.32 bits per heavy atom. The van der Waals surface area contributed by atoms with Crippen LogP contribution in [0.1, 0.15) is 17.0 Å². The van der Waals surface area contributed by atoms with E-state index in [1.165, 1.54) is 18.3 Å². The summed E-state index contributed by atoms with van der Waals surface area (Å²) in [7, 11) is 7.29. The van der Waals surface area contributed by atoms with E-state index in [1.807, 2.05) is 0 Å². The maximum atomic E-state index is 12.3. The van der Waals surface area contributed by atoms with Crippen LogP contribution >= 0.6 is 12.2 Å². The Balaban J connectivity index is 2.08. The quantitative estimate of drug-likeness (QED) is 0.369. The fraction of sp³-hybridized carbons (Fsp3) is 0.368. The molecule has 0 fully saturated rings. The highest BCUT2D eigenvalue weighted by Crippen LogP contribution is 2.36. The Morgan fingerprint density at radius 1 is 1.14 bits per heavy atom. The zero-order chi connectivity index (χ0) is 20.5. The first kappa shape index (κ1) is 21.5. The summed E-state index contributed by atoms with van der Waals surface area (Å²) in [5.74, 6) is 0.791. The Labute approximate surface area is 170 Å². The largest absolute Gasteiger partial charge is 0.494 e. The first-order chi connectivity index (χ1) is 13.4. The van der Waals surface area contributed by atoms with Crippen molar-refractivity contribution in [2.24, 2.45) is 0 Å². The molecule has 0 saturated carbocycles. The smallest absolute Gasteiger partial charge is 0.291 e. The minimum Gasteiger partial charge on any atom is -0.494 e. The van der Waals surface area contributed by atoms with Crippen LogP contribution in [-0.4, -0.2) is 52.4 Å². The second-order valence-corrected chi connectivity index (χ2v) is 6.78. The van der Waals surface area contributed by atoms with Crippen LogP contribution in [0.2, 0.25) is 0 Å². The Hall–Kier alpha value is -2.78. The summed E-state index contributed by atoms with van der Waals surface area (Å²) in [5.41, 5.74) is 1.09. The van der Waals surface area contributed by atoms with E-state index in [1.54, 1.807) is 31.4 Å². The molecule has 0 aliphatic rings. The molecular weight excluding hydrogens is 380 g/mol. The number of nitrogens with one attached hydrogen (secondary N) is 4. The van der Waals surface area contributed by atoms with E-state index < -0.39 is 0 Å². The molecule has 9 heteroatoms. The summed E-state index contributed by atoms with van der Waals surface area (Å²) in [6, 6.07) is 6.61. The second kappa shape index (κ2) is 10.5. The van der Waals surface area contributed by atoms with Crippen molar-refractivity contribution in [2.45, 2.75) is 6.42 Å². The van der Waals surface area contributed by atoms with Crippen molar-refractivity contribution in [1.29, 1.82) is 0 Å². The molecule has 8 nitrogen and oxygen atoms in total. The third kappa shape index (κ3) is 6.14. The van der Waals surface area contributed by atoms with Crippen LogP contribution in [0.4, 0.5) is 11.4 Å². The Kier molecular flexibility index (Phi) is 8.09. The van der Waals surface area contributed by atoms with Crippen LogP contribution < -0.4 is 30.3 Å². The highest BCUT2D eigenvalue weighted by Gasteiger charge is 2.16. The highest BCUT2D eigenvalue weighted by molar-refractivity contribution is 7.80. The van der Waals surface area contributed by atoms with Crippen LogP contribution in [0, 0.1) is 0 Å². The van der Waals surface area contributed by atoms with Gasteiger partial charge in [0, 0.05) is 25.1 Å². The fourth-order valence-electron chi connectivity index (χ4n) is 2.50. The van der Waals surface area contributed by atoms with Crippen LogP contribution in [-0.2, 0) is 0 Å². The second-order valence-electron chi connectivity index (χ2n) is 6.38. The molecule has 2 rings (SSSR count). The van der Waals surface area contributed by atoms with Gasteiger partial charge in [0.15, 0.2) is 10.9 Å². The lowest BCUT2D eigenvalue weighted by Gasteiger charge is -2.17. The molecule has 0 aliphatic heterocycles. The van der Waals surface area contributed by atoms with Crippen molar-refractivity contribution in [3.63, 3.8) is 0 Å². The van der Waals surface area contributed by atoms with Crippen molar-refractivity contribution in [1.82, 2.24) is 5.32 Å². The van der Waals surface area contributed by atoms with Crippen molar-refractivity contribution >= 4 is 34.6 Å². The van der Waals surface area contributed by atoms with Crippen LogP contribution in [0.25, 0.3) is 0 Å². The van der Waals surface area contributed by atoms with Gasteiger partial charge in [-0.05, 0) is 24.4 Å². The zero-order valence-electron chi connectivity index (χ0n) is 16.5. The Morgan fingerprint density at radius 2 is 1.79 bits per heavy atom. The number of furan rings is 1. The van der Waals surface area contributed by atoms with E-state index in [-0.39, 0.29) is 11.7 Å². The van der Waals surface area contributed by atoms with Gasteiger partial charge in [-0.1, -0.05) is 0 Å². The number of thiocarbonyl (C=S) groups is 1. The van der Waals surface area contributed by atoms with E-state index in [9.17, 15) is 4.79 Å². The van der Waals surface area contributed by atoms with Crippen molar-refractivity contribution < 1.29 is 23.6 Å². The topological polar surface area (TPSA) is 89.2 Å². The summed E-state index contributed by atoms with van der Waals surface area (Å²) in [6.07, 6.45) is 2.44. The van der Waals surface area contributed by atoms with Gasteiger partial charge in [-0.15, -0.1) is 0 Å². The molecular formula is C19H27N4O4S+. The van der Waals surface area contributed by atoms with E-state index in [0.29, 0.717) is 28.0 Å². The van der Waals surface area contributed by atoms with Gasteiger partial charge in [-0.2, -0.15) is 0 Å². The van der Waals surface area contributed by atoms with Crippen molar-refractivity contribution in [3.05, 3.63) is 36.3 Å². The van der Waals surface area contributed by atoms with Gasteiger partial charge in [0.25, 0.3) is 5.91 Å². The van der Waals surface area contributed by atoms with Gasteiger partial charge in [-0.25, -0.2) is 0 Å². The number of hydrogen-bond acceptors (Lipinski definition) is 5. The van der Waals surface area contributed by atoms with Crippen LogP contribution in [0.5, 0.6) is 11.5 Å². The molecule has 1 amide bonds. The van der Waals surface area contributed by atoms with E-state index in [0.717, 1.165) is 19.5 Å². The fourth-order valence-corrected chi connectivity index (χ4v) is 2.71. The molecule has 0 radical (unpaired) electrons. The van der Waals surface area contributed by atoms with Gasteiger partial charge in [0.2, 0.25) is 0 Å². The molecule has 0 unspecified atom stereocenters. The number of amides is 1. The number of hydrogen-bond donors (Lipinski definition) is 4. The monoisotopic (exact) mass is 407 g/mol. The van der Waals surface area contributed by atoms with E-state index >= 15 is 0 Å². The molecule has 0 atom stereocenters. The van der Waals surface area contributed by atoms with Gasteiger partial charge < -0.3 is 34.7 Å². The summed E-state index contributed by atoms with van der Waals surface area (Å²) in [5, 5.41) is 9.52. The highest BCUT2D eigenvalue weighted by atomic mass is 32.1. The lowest BCUT2D eigenvalue weighted by atomic mass is 10.2. The lowest BCUT2D eigenvalue weighted by molar-refractivity contribution is -0.858. The number of methoxy groups -OCH3 is 2. The van der Waals surface area contributed by atoms with E-state index in [2.05, 4.69) is 30.0 Å². The van der Waals surface area contributed by atoms with Crippen molar-refractivity contribution in [2.75, 3.05) is 52.0 Å². The molecule has 2 aromatic rings. The minimum absolute atomic E-state index is 0.202. The number of carbonyl (C=O) groups is 1. The molecule has 0 saturated heterocycles. The Bertz CT molecular complexity index is 793. The molecule has 0 bridgehead atoms. The van der Waals surface area contributed by atoms with Gasteiger partial charge in [0.1, 0.15) is 11.5 Å². The first-order valence-electron chi connectivity index (χ1n) is 8.89. The molecule has 1 aromatic heterocycles. The number of quaternary nitrogens is 1. The minimum atomic E-state index is -0.383. The molecule has 0 spiro atoms. The maximum Gasteiger partial charge on any atom is 0.291 e. The molecule has 28 heavy (non-hydrogen) atoms. The predicted molar refractivity (Wildman–Crippen MR) is 113 cm³/mol. The number of carbonyl (C=O) groups excluding carboxylic acids is 1. The SMILES string of the molecule is COc1cc(NC(=S)NCCC[NH+](C)C)c(OC)cc1NC(=O)c1ccco1. The van der Waals surface area contributed by atoms with Gasteiger partial charge in [0.05, 0.1) is 52.5 Å². The third-order valence-corrected chi connectivity index (χ3v) is 4.15. The molecule has 4 N–H and O–H groups in total. The average Bonchev–Trinajstić information content (AvgIpc) is 3.20. The normalized spacial score (nSPS) is 10.5. The average molecular weight is 408 g/mol. The number of ether oxygens (including phenoxy) is 2. The summed E-state index contributed by atoms with van der Waals surface area (Å²) in [6.45, 7) is 1.82. The molecule has 0 aliphatic carbocycles. The predicted octanol–water partition coefficient (Wildman–Crippen LogP) is 1.37. The van der Waals surface area contributed by atoms with E-state index in [4.69, 9.17) is 26.1 Å². The van der Waals surface area contributed by atoms with Crippen LogP contribution in [0.15, 0.2) is 34.9 Å². The zero-order valence-corrected chi connectivity index (χ0v) is 17.4.